The maximum absolute atomic E-state index is 14.7. The number of halogens is 10. The number of benzene rings is 2. The molecular weight excluding hydrogens is 469 g/mol. The highest BCUT2D eigenvalue weighted by atomic mass is 28.3. The van der Waals surface area contributed by atoms with Crippen molar-refractivity contribution in [1.82, 2.24) is 0 Å². The molecule has 3 rings (SSSR count). The molecule has 1 aliphatic rings. The lowest BCUT2D eigenvalue weighted by Gasteiger charge is -2.26. The molecule has 0 N–H and O–H groups in total. The van der Waals surface area contributed by atoms with E-state index in [1.807, 2.05) is 0 Å². The van der Waals surface area contributed by atoms with Gasteiger partial charge in [-0.1, -0.05) is 42.5 Å². The van der Waals surface area contributed by atoms with E-state index in [2.05, 4.69) is 0 Å². The molecule has 0 aromatic heterocycles. The zero-order chi connectivity index (χ0) is 24.3. The van der Waals surface area contributed by atoms with Crippen molar-refractivity contribution in [1.29, 1.82) is 0 Å². The molecule has 2 aromatic carbocycles. The van der Waals surface area contributed by atoms with Crippen LogP contribution in [0.15, 0.2) is 22.8 Å². The van der Waals surface area contributed by atoms with Gasteiger partial charge in [0.15, 0.2) is 58.2 Å². The van der Waals surface area contributed by atoms with Crippen molar-refractivity contribution < 1.29 is 43.9 Å². The van der Waals surface area contributed by atoms with E-state index in [4.69, 9.17) is 0 Å². The summed E-state index contributed by atoms with van der Waals surface area (Å²) >= 11 is 0. The highest BCUT2D eigenvalue weighted by Gasteiger charge is 2.43. The summed E-state index contributed by atoms with van der Waals surface area (Å²) in [6.45, 7) is 2.69. The molecule has 0 saturated heterocycles. The molecule has 0 radical (unpaired) electrons. The van der Waals surface area contributed by atoms with Crippen molar-refractivity contribution in [3.63, 3.8) is 0 Å². The van der Waals surface area contributed by atoms with Crippen LogP contribution in [0, 0.1) is 58.2 Å². The Hall–Kier alpha value is -2.50. The largest absolute Gasteiger partial charge is 0.253 e. The lowest BCUT2D eigenvalue weighted by Crippen LogP contribution is -2.53. The molecule has 0 amide bonds. The van der Waals surface area contributed by atoms with E-state index in [0.29, 0.717) is 5.20 Å². The molecule has 0 heterocycles. The van der Waals surface area contributed by atoms with Crippen LogP contribution in [0.4, 0.5) is 43.9 Å². The van der Waals surface area contributed by atoms with E-state index < -0.39 is 83.9 Å². The predicted molar refractivity (Wildman–Crippen MR) is 102 cm³/mol. The number of hydrogen-bond acceptors (Lipinski definition) is 0. The van der Waals surface area contributed by atoms with E-state index >= 15 is 0 Å². The minimum atomic E-state index is -2.52. The van der Waals surface area contributed by atoms with Gasteiger partial charge in [0.05, 0.1) is 8.07 Å². The summed E-state index contributed by atoms with van der Waals surface area (Å²) < 4.78 is 142. The van der Waals surface area contributed by atoms with Crippen LogP contribution in [-0.2, 0) is 0 Å². The molecule has 0 unspecified atom stereocenters. The summed E-state index contributed by atoms with van der Waals surface area (Å²) in [6.07, 6.45) is 2.60. The van der Waals surface area contributed by atoms with Gasteiger partial charge in [-0.25, -0.2) is 43.9 Å². The van der Waals surface area contributed by atoms with Gasteiger partial charge in [0, 0.05) is 10.9 Å². The van der Waals surface area contributed by atoms with Gasteiger partial charge in [-0.15, -0.1) is 0 Å². The maximum Gasteiger partial charge on any atom is 0.253 e. The summed E-state index contributed by atoms with van der Waals surface area (Å²) in [7, 11) is -2.48. The van der Waals surface area contributed by atoms with E-state index in [-0.39, 0.29) is 11.9 Å². The van der Waals surface area contributed by atoms with Gasteiger partial charge in [-0.05, 0) is 6.42 Å². The highest BCUT2D eigenvalue weighted by Crippen LogP contribution is 2.32. The minimum Gasteiger partial charge on any atom is -0.204 e. The van der Waals surface area contributed by atoms with Crippen LogP contribution in [-0.4, -0.2) is 14.8 Å². The predicted octanol–water partition coefficient (Wildman–Crippen LogP) is 5.36. The standard InChI is InChI=1S/C20H13BF10Si/c1-32(2,3)8-6-4-5-7(8)21(9-11(22)15(26)19(30)16(27)12(9)23)10-13(24)17(28)20(31)18(29)14(10)25/h4,6H,5H2,1-3H3. The van der Waals surface area contributed by atoms with Crippen molar-refractivity contribution >= 4 is 25.7 Å². The van der Waals surface area contributed by atoms with Crippen molar-refractivity contribution in [2.75, 3.05) is 0 Å². The fourth-order valence-electron chi connectivity index (χ4n) is 3.77. The van der Waals surface area contributed by atoms with Crippen LogP contribution in [0.5, 0.6) is 0 Å². The molecule has 0 nitrogen and oxygen atoms in total. The molecule has 0 spiro atoms. The molecule has 0 bridgehead atoms. The van der Waals surface area contributed by atoms with Gasteiger partial charge in [-0.2, -0.15) is 0 Å². The van der Waals surface area contributed by atoms with Crippen LogP contribution in [0.3, 0.4) is 0 Å². The Morgan fingerprint density at radius 3 is 1.19 bits per heavy atom. The topological polar surface area (TPSA) is 0 Å². The van der Waals surface area contributed by atoms with Crippen molar-refractivity contribution in [2.45, 2.75) is 26.1 Å². The molecule has 2 aromatic rings. The summed E-state index contributed by atoms with van der Waals surface area (Å²) in [4.78, 5) is 0. The fraction of sp³-hybridized carbons (Fsp3) is 0.200. The summed E-state index contributed by atoms with van der Waals surface area (Å²) in [5, 5.41) is 0.315. The lowest BCUT2D eigenvalue weighted by atomic mass is 9.35. The first-order chi connectivity index (χ1) is 14.7. The fourth-order valence-corrected chi connectivity index (χ4v) is 5.60. The average Bonchev–Trinajstić information content (AvgIpc) is 3.22. The Balaban J connectivity index is 2.55. The molecule has 170 valence electrons. The Bertz CT molecular complexity index is 1070. The second kappa shape index (κ2) is 8.13. The Labute approximate surface area is 177 Å². The average molecular weight is 482 g/mol. The van der Waals surface area contributed by atoms with Gasteiger partial charge >= 0.3 is 0 Å². The zero-order valence-electron chi connectivity index (χ0n) is 16.7. The number of rotatable bonds is 4. The van der Waals surface area contributed by atoms with E-state index in [1.54, 1.807) is 19.6 Å². The Kier molecular flexibility index (Phi) is 6.13. The molecule has 0 aliphatic heterocycles. The molecule has 0 fully saturated rings. The van der Waals surface area contributed by atoms with Crippen LogP contribution < -0.4 is 10.9 Å². The first kappa shape index (κ1) is 24.2. The molecule has 0 atom stereocenters. The quantitative estimate of drug-likeness (QED) is 0.238. The minimum absolute atomic E-state index is 0.212. The second-order valence-electron chi connectivity index (χ2n) is 8.20. The normalized spacial score (nSPS) is 14.0. The number of hydrogen-bond donors (Lipinski definition) is 0. The molecule has 32 heavy (non-hydrogen) atoms. The lowest BCUT2D eigenvalue weighted by molar-refractivity contribution is 0.382. The van der Waals surface area contributed by atoms with Gasteiger partial charge in [0.1, 0.15) is 0 Å². The summed E-state index contributed by atoms with van der Waals surface area (Å²) in [5.41, 5.74) is -3.60. The Morgan fingerprint density at radius 1 is 0.562 bits per heavy atom. The smallest absolute Gasteiger partial charge is 0.204 e. The first-order valence-corrected chi connectivity index (χ1v) is 12.6. The summed E-state index contributed by atoms with van der Waals surface area (Å²) in [6, 6.07) is 0. The van der Waals surface area contributed by atoms with Crippen LogP contribution in [0.1, 0.15) is 6.42 Å². The van der Waals surface area contributed by atoms with Gasteiger partial charge in [0.2, 0.25) is 0 Å². The van der Waals surface area contributed by atoms with Gasteiger partial charge in [-0.3, -0.25) is 0 Å². The third-order valence-corrected chi connectivity index (χ3v) is 7.29. The molecule has 12 heteroatoms. The van der Waals surface area contributed by atoms with E-state index in [1.165, 1.54) is 12.2 Å². The van der Waals surface area contributed by atoms with Crippen LogP contribution in [0.2, 0.25) is 19.6 Å². The third kappa shape index (κ3) is 3.58. The first-order valence-electron chi connectivity index (χ1n) is 9.14. The van der Waals surface area contributed by atoms with Gasteiger partial charge in [0.25, 0.3) is 6.71 Å². The number of allylic oxidation sites excluding steroid dienone is 4. The van der Waals surface area contributed by atoms with Crippen molar-refractivity contribution in [3.05, 3.63) is 81.0 Å². The SMILES string of the molecule is C[Si](C)(C)C1=C(B(c2c(F)c(F)c(F)c(F)c2F)c2c(F)c(F)c(F)c(F)c2F)CC=C1. The van der Waals surface area contributed by atoms with Crippen LogP contribution in [0.25, 0.3) is 0 Å². The zero-order valence-corrected chi connectivity index (χ0v) is 17.7. The molecule has 0 saturated carbocycles. The maximum atomic E-state index is 14.7. The third-order valence-electron chi connectivity index (χ3n) is 5.19. The van der Waals surface area contributed by atoms with Crippen molar-refractivity contribution in [2.24, 2.45) is 0 Å². The van der Waals surface area contributed by atoms with Crippen LogP contribution >= 0.6 is 0 Å². The summed E-state index contributed by atoms with van der Waals surface area (Å²) in [5.74, 6) is -24.4. The molecule has 1 aliphatic carbocycles. The van der Waals surface area contributed by atoms with Crippen molar-refractivity contribution in [3.8, 4) is 0 Å². The molecular formula is C20H13BF10Si. The Morgan fingerprint density at radius 2 is 0.875 bits per heavy atom. The van der Waals surface area contributed by atoms with E-state index in [0.717, 1.165) is 0 Å². The van der Waals surface area contributed by atoms with E-state index in [9.17, 15) is 43.9 Å². The second-order valence-corrected chi connectivity index (χ2v) is 13.2. The highest BCUT2D eigenvalue weighted by molar-refractivity contribution is 6.94. The van der Waals surface area contributed by atoms with Gasteiger partial charge < -0.3 is 0 Å². The monoisotopic (exact) mass is 482 g/mol.